The van der Waals surface area contributed by atoms with Gasteiger partial charge in [0.25, 0.3) is 0 Å². The van der Waals surface area contributed by atoms with Crippen LogP contribution in [0.1, 0.15) is 10.4 Å². The highest BCUT2D eigenvalue weighted by Gasteiger charge is 2.20. The normalized spacial score (nSPS) is 12.5. The van der Waals surface area contributed by atoms with Crippen LogP contribution in [0.25, 0.3) is 22.2 Å². The van der Waals surface area contributed by atoms with Gasteiger partial charge in [-0.15, -0.1) is 0 Å². The number of benzene rings is 2. The molecule has 2 N–H and O–H groups in total. The zero-order valence-corrected chi connectivity index (χ0v) is 18.2. The Labute approximate surface area is 179 Å². The van der Waals surface area contributed by atoms with Crippen LogP contribution in [0, 0.1) is 0 Å². The number of aromatic nitrogens is 2. The number of hydrogen-bond acceptors (Lipinski definition) is 6. The summed E-state index contributed by atoms with van der Waals surface area (Å²) in [5.74, 6) is -1.02. The second-order valence-corrected chi connectivity index (χ2v) is 9.11. The second-order valence-electron chi connectivity index (χ2n) is 6.96. The summed E-state index contributed by atoms with van der Waals surface area (Å²) in [4.78, 5) is 16.7. The van der Waals surface area contributed by atoms with E-state index < -0.39 is 21.8 Å². The number of rotatable bonds is 7. The fourth-order valence-corrected chi connectivity index (χ4v) is 4.08. The number of allylic oxidation sites excluding steroid dienone is 1. The average molecular weight is 447 g/mol. The van der Waals surface area contributed by atoms with Crippen molar-refractivity contribution < 1.29 is 22.3 Å². The molecule has 0 aliphatic carbocycles. The van der Waals surface area contributed by atoms with E-state index in [1.807, 2.05) is 0 Å². The van der Waals surface area contributed by atoms with Crippen LogP contribution in [0.3, 0.4) is 0 Å². The van der Waals surface area contributed by atoms with E-state index in [1.54, 1.807) is 28.8 Å². The Balaban J connectivity index is 2.24. The molecule has 2 aromatic carbocycles. The maximum atomic E-state index is 14.1. The summed E-state index contributed by atoms with van der Waals surface area (Å²) in [5.41, 5.74) is 7.66. The molecule has 0 saturated heterocycles. The minimum atomic E-state index is -3.66. The van der Waals surface area contributed by atoms with Crippen molar-refractivity contribution in [3.63, 3.8) is 0 Å². The molecular weight excluding hydrogens is 423 g/mol. The number of fused-ring (bicyclic) bond motifs is 1. The zero-order chi connectivity index (χ0) is 22.8. The smallest absolute Gasteiger partial charge is 0.337 e. The van der Waals surface area contributed by atoms with E-state index in [0.717, 1.165) is 4.31 Å². The number of hydrogen-bond donors (Lipinski definition) is 1. The van der Waals surface area contributed by atoms with Crippen LogP contribution in [0.4, 0.5) is 4.39 Å². The predicted octanol–water partition coefficient (Wildman–Crippen LogP) is 2.55. The van der Waals surface area contributed by atoms with Gasteiger partial charge in [0, 0.05) is 26.2 Å². The van der Waals surface area contributed by atoms with Gasteiger partial charge in [-0.1, -0.05) is 12.1 Å². The zero-order valence-electron chi connectivity index (χ0n) is 17.4. The van der Waals surface area contributed by atoms with E-state index in [2.05, 4.69) is 4.98 Å². The molecule has 1 heterocycles. The highest BCUT2D eigenvalue weighted by molar-refractivity contribution is 7.89. The van der Waals surface area contributed by atoms with Crippen molar-refractivity contribution in [3.8, 4) is 11.1 Å². The van der Waals surface area contributed by atoms with Crippen molar-refractivity contribution in [3.05, 3.63) is 60.2 Å². The lowest BCUT2D eigenvalue weighted by Crippen LogP contribution is -2.22. The molecule has 1 aromatic heterocycles. The third-order valence-corrected chi connectivity index (χ3v) is 6.54. The van der Waals surface area contributed by atoms with Crippen LogP contribution in [-0.4, -0.2) is 56.0 Å². The Kier molecular flexibility index (Phi) is 6.54. The molecule has 0 unspecified atom stereocenters. The molecule has 3 aromatic rings. The molecule has 164 valence electrons. The van der Waals surface area contributed by atoms with Crippen molar-refractivity contribution in [2.45, 2.75) is 11.4 Å². The number of sulfonamides is 1. The molecule has 3 rings (SSSR count). The summed E-state index contributed by atoms with van der Waals surface area (Å²) in [7, 11) is 0.495. The van der Waals surface area contributed by atoms with Crippen LogP contribution >= 0.6 is 0 Å². The molecule has 0 radical (unpaired) electrons. The number of methoxy groups -OCH3 is 1. The van der Waals surface area contributed by atoms with Crippen molar-refractivity contribution >= 4 is 27.0 Å². The molecular formula is C21H23FN4O4S. The SMILES string of the molecule is COC(=O)c1cc(-c2cccc(S(=O)(=O)N(C)C)c2)c2ncn(C/C(F)=C/CN)c2c1. The molecule has 0 aliphatic heterocycles. The van der Waals surface area contributed by atoms with Crippen LogP contribution in [0.5, 0.6) is 0 Å². The van der Waals surface area contributed by atoms with E-state index in [1.165, 1.54) is 45.7 Å². The first-order valence-corrected chi connectivity index (χ1v) is 10.8. The maximum absolute atomic E-state index is 14.1. The number of carbonyl (C=O) groups is 1. The fraction of sp³-hybridized carbons (Fsp3) is 0.238. The second kappa shape index (κ2) is 8.96. The summed E-state index contributed by atoms with van der Waals surface area (Å²) in [6.07, 6.45) is 2.71. The van der Waals surface area contributed by atoms with Crippen molar-refractivity contribution in [1.82, 2.24) is 13.9 Å². The third-order valence-electron chi connectivity index (χ3n) is 4.73. The van der Waals surface area contributed by atoms with Gasteiger partial charge in [0.05, 0.1) is 41.5 Å². The van der Waals surface area contributed by atoms with Gasteiger partial charge in [-0.25, -0.2) is 26.9 Å². The lowest BCUT2D eigenvalue weighted by molar-refractivity contribution is 0.0601. The summed E-state index contributed by atoms with van der Waals surface area (Å²) in [5, 5.41) is 0. The van der Waals surface area contributed by atoms with Gasteiger partial charge in [0.2, 0.25) is 10.0 Å². The summed E-state index contributed by atoms with van der Waals surface area (Å²) in [6, 6.07) is 9.49. The van der Waals surface area contributed by atoms with Gasteiger partial charge < -0.3 is 15.0 Å². The third kappa shape index (κ3) is 4.50. The molecule has 0 fully saturated rings. The van der Waals surface area contributed by atoms with Gasteiger partial charge >= 0.3 is 5.97 Å². The van der Waals surface area contributed by atoms with Gasteiger partial charge in [-0.2, -0.15) is 0 Å². The Hall–Kier alpha value is -3.08. The van der Waals surface area contributed by atoms with E-state index in [0.29, 0.717) is 22.2 Å². The van der Waals surface area contributed by atoms with E-state index >= 15 is 0 Å². The molecule has 0 atom stereocenters. The fourth-order valence-electron chi connectivity index (χ4n) is 3.14. The molecule has 31 heavy (non-hydrogen) atoms. The van der Waals surface area contributed by atoms with Crippen LogP contribution in [0.2, 0.25) is 0 Å². The molecule has 0 spiro atoms. The quantitative estimate of drug-likeness (QED) is 0.559. The maximum Gasteiger partial charge on any atom is 0.337 e. The van der Waals surface area contributed by atoms with Gasteiger partial charge in [0.1, 0.15) is 5.83 Å². The summed E-state index contributed by atoms with van der Waals surface area (Å²) >= 11 is 0. The number of halogens is 1. The van der Waals surface area contributed by atoms with Crippen LogP contribution in [0.15, 0.2) is 59.5 Å². The highest BCUT2D eigenvalue weighted by atomic mass is 32.2. The standard InChI is InChI=1S/C21H23FN4O4S/c1-25(2)31(28,29)17-6-4-5-14(9-17)18-10-15(21(27)30-3)11-19-20(18)24-13-26(19)12-16(22)7-8-23/h4-7,9-11,13H,8,12,23H2,1-3H3/b16-7-. The summed E-state index contributed by atoms with van der Waals surface area (Å²) < 4.78 is 46.7. The molecule has 0 amide bonds. The van der Waals surface area contributed by atoms with Crippen LogP contribution in [-0.2, 0) is 21.3 Å². The number of nitrogens with zero attached hydrogens (tertiary/aromatic N) is 3. The minimum absolute atomic E-state index is 0.0598. The van der Waals surface area contributed by atoms with Crippen molar-refractivity contribution in [2.24, 2.45) is 5.73 Å². The molecule has 8 nitrogen and oxygen atoms in total. The lowest BCUT2D eigenvalue weighted by atomic mass is 10.0. The Morgan fingerprint density at radius 2 is 2.03 bits per heavy atom. The first-order valence-electron chi connectivity index (χ1n) is 9.33. The highest BCUT2D eigenvalue weighted by Crippen LogP contribution is 2.32. The number of ether oxygens (including phenoxy) is 1. The van der Waals surface area contributed by atoms with Gasteiger partial charge in [-0.3, -0.25) is 0 Å². The largest absolute Gasteiger partial charge is 0.465 e. The average Bonchev–Trinajstić information content (AvgIpc) is 3.15. The summed E-state index contributed by atoms with van der Waals surface area (Å²) in [6.45, 7) is -0.0446. The van der Waals surface area contributed by atoms with Gasteiger partial charge in [0.15, 0.2) is 0 Å². The number of carbonyl (C=O) groups excluding carboxylic acids is 1. The number of imidazole rings is 1. The molecule has 0 saturated carbocycles. The monoisotopic (exact) mass is 446 g/mol. The Morgan fingerprint density at radius 3 is 2.68 bits per heavy atom. The molecule has 0 bridgehead atoms. The minimum Gasteiger partial charge on any atom is -0.465 e. The van der Waals surface area contributed by atoms with Crippen molar-refractivity contribution in [1.29, 1.82) is 0 Å². The van der Waals surface area contributed by atoms with E-state index in [4.69, 9.17) is 10.5 Å². The topological polar surface area (TPSA) is 108 Å². The van der Waals surface area contributed by atoms with Gasteiger partial charge in [-0.05, 0) is 35.9 Å². The first kappa shape index (κ1) is 22.6. The molecule has 10 heteroatoms. The Morgan fingerprint density at radius 1 is 1.29 bits per heavy atom. The van der Waals surface area contributed by atoms with E-state index in [9.17, 15) is 17.6 Å². The molecule has 0 aliphatic rings. The van der Waals surface area contributed by atoms with Crippen LogP contribution < -0.4 is 5.73 Å². The van der Waals surface area contributed by atoms with Crippen molar-refractivity contribution in [2.75, 3.05) is 27.7 Å². The first-order chi connectivity index (χ1) is 14.7. The predicted molar refractivity (Wildman–Crippen MR) is 116 cm³/mol. The van der Waals surface area contributed by atoms with E-state index in [-0.39, 0.29) is 23.5 Å². The number of esters is 1. The number of nitrogens with two attached hydrogens (primary N) is 1. The Bertz CT molecular complexity index is 1270. The lowest BCUT2D eigenvalue weighted by Gasteiger charge is -2.13.